The second kappa shape index (κ2) is 6.53. The van der Waals surface area contributed by atoms with Crippen molar-refractivity contribution in [2.75, 3.05) is 0 Å². The molecule has 0 heterocycles. The first-order chi connectivity index (χ1) is 9.47. The molecular weight excluding hydrogens is 262 g/mol. The SMILES string of the molecule is CC1CC(C)CC(C(O)c2ccccc2OC(F)F)C1. The maximum Gasteiger partial charge on any atom is 0.387 e. The largest absolute Gasteiger partial charge is 0.434 e. The van der Waals surface area contributed by atoms with Crippen molar-refractivity contribution in [1.82, 2.24) is 0 Å². The van der Waals surface area contributed by atoms with Gasteiger partial charge in [-0.1, -0.05) is 32.0 Å². The number of ether oxygens (including phenoxy) is 1. The number of hydrogen-bond donors (Lipinski definition) is 1. The van der Waals surface area contributed by atoms with E-state index in [1.165, 1.54) is 12.5 Å². The van der Waals surface area contributed by atoms with Crippen LogP contribution in [-0.2, 0) is 0 Å². The van der Waals surface area contributed by atoms with E-state index in [1.807, 2.05) is 0 Å². The van der Waals surface area contributed by atoms with E-state index < -0.39 is 12.7 Å². The molecule has 1 saturated carbocycles. The summed E-state index contributed by atoms with van der Waals surface area (Å²) in [5.74, 6) is 1.31. The summed E-state index contributed by atoms with van der Waals surface area (Å²) in [6, 6.07) is 6.54. The Hall–Kier alpha value is -1.16. The summed E-state index contributed by atoms with van der Waals surface area (Å²) in [5, 5.41) is 10.5. The van der Waals surface area contributed by atoms with Crippen molar-refractivity contribution in [3.8, 4) is 5.75 Å². The zero-order chi connectivity index (χ0) is 14.7. The Kier molecular flexibility index (Phi) is 4.97. The van der Waals surface area contributed by atoms with Gasteiger partial charge in [0.2, 0.25) is 0 Å². The summed E-state index contributed by atoms with van der Waals surface area (Å²) in [5.41, 5.74) is 0.471. The summed E-state index contributed by atoms with van der Waals surface area (Å²) < 4.78 is 29.4. The minimum absolute atomic E-state index is 0.0841. The minimum Gasteiger partial charge on any atom is -0.434 e. The smallest absolute Gasteiger partial charge is 0.387 e. The van der Waals surface area contributed by atoms with Gasteiger partial charge < -0.3 is 9.84 Å². The fraction of sp³-hybridized carbons (Fsp3) is 0.625. The molecule has 4 heteroatoms. The maximum absolute atomic E-state index is 12.4. The quantitative estimate of drug-likeness (QED) is 0.888. The molecule has 112 valence electrons. The third-order valence-corrected chi connectivity index (χ3v) is 4.12. The molecule has 2 rings (SSSR count). The number of hydrogen-bond acceptors (Lipinski definition) is 2. The van der Waals surface area contributed by atoms with E-state index in [2.05, 4.69) is 18.6 Å². The molecule has 0 amide bonds. The molecule has 3 atom stereocenters. The summed E-state index contributed by atoms with van der Waals surface area (Å²) in [7, 11) is 0. The van der Waals surface area contributed by atoms with E-state index in [1.54, 1.807) is 18.2 Å². The van der Waals surface area contributed by atoms with E-state index in [0.717, 1.165) is 12.8 Å². The topological polar surface area (TPSA) is 29.5 Å². The molecule has 20 heavy (non-hydrogen) atoms. The predicted octanol–water partition coefficient (Wildman–Crippen LogP) is 4.39. The van der Waals surface area contributed by atoms with Gasteiger partial charge in [-0.15, -0.1) is 0 Å². The van der Waals surface area contributed by atoms with E-state index in [9.17, 15) is 13.9 Å². The van der Waals surface area contributed by atoms with Crippen molar-refractivity contribution in [2.45, 2.75) is 45.8 Å². The van der Waals surface area contributed by atoms with Gasteiger partial charge in [0.1, 0.15) is 5.75 Å². The van der Waals surface area contributed by atoms with Crippen molar-refractivity contribution in [3.63, 3.8) is 0 Å². The van der Waals surface area contributed by atoms with E-state index in [4.69, 9.17) is 0 Å². The molecule has 2 nitrogen and oxygen atoms in total. The van der Waals surface area contributed by atoms with Gasteiger partial charge in [0.25, 0.3) is 0 Å². The third kappa shape index (κ3) is 3.69. The van der Waals surface area contributed by atoms with Crippen LogP contribution in [0.3, 0.4) is 0 Å². The normalized spacial score (nSPS) is 28.4. The number of benzene rings is 1. The van der Waals surface area contributed by atoms with Gasteiger partial charge in [0.05, 0.1) is 6.10 Å². The van der Waals surface area contributed by atoms with Gasteiger partial charge in [0, 0.05) is 5.56 Å². The molecule has 1 aromatic rings. The summed E-state index contributed by atoms with van der Waals surface area (Å²) >= 11 is 0. The lowest BCUT2D eigenvalue weighted by atomic mass is 9.73. The second-order valence-corrected chi connectivity index (χ2v) is 6.04. The molecule has 1 N–H and O–H groups in total. The zero-order valence-electron chi connectivity index (χ0n) is 11.9. The molecule has 3 unspecified atom stereocenters. The van der Waals surface area contributed by atoms with Crippen molar-refractivity contribution in [3.05, 3.63) is 29.8 Å². The van der Waals surface area contributed by atoms with Crippen LogP contribution in [0.2, 0.25) is 0 Å². The van der Waals surface area contributed by atoms with Crippen LogP contribution in [-0.4, -0.2) is 11.7 Å². The molecule has 1 aliphatic carbocycles. The van der Waals surface area contributed by atoms with Crippen LogP contribution < -0.4 is 4.74 Å². The lowest BCUT2D eigenvalue weighted by molar-refractivity contribution is -0.0527. The number of halogens is 2. The maximum atomic E-state index is 12.4. The number of aliphatic hydroxyl groups is 1. The van der Waals surface area contributed by atoms with Crippen LogP contribution in [0.15, 0.2) is 24.3 Å². The van der Waals surface area contributed by atoms with Gasteiger partial charge in [-0.05, 0) is 43.1 Å². The van der Waals surface area contributed by atoms with Crippen LogP contribution in [0, 0.1) is 17.8 Å². The Morgan fingerprint density at radius 2 is 1.70 bits per heavy atom. The Bertz CT molecular complexity index is 426. The predicted molar refractivity (Wildman–Crippen MR) is 73.7 cm³/mol. The highest BCUT2D eigenvalue weighted by atomic mass is 19.3. The van der Waals surface area contributed by atoms with Crippen LogP contribution in [0.25, 0.3) is 0 Å². The number of rotatable bonds is 4. The third-order valence-electron chi connectivity index (χ3n) is 4.12. The molecule has 0 bridgehead atoms. The number of para-hydroxylation sites is 1. The Balaban J connectivity index is 2.17. The average molecular weight is 284 g/mol. The van der Waals surface area contributed by atoms with E-state index in [-0.39, 0.29) is 11.7 Å². The summed E-state index contributed by atoms with van der Waals surface area (Å²) in [6.07, 6.45) is 2.27. The number of alkyl halides is 2. The van der Waals surface area contributed by atoms with Gasteiger partial charge in [-0.25, -0.2) is 0 Å². The molecule has 0 radical (unpaired) electrons. The molecule has 1 fully saturated rings. The first-order valence-corrected chi connectivity index (χ1v) is 7.19. The highest BCUT2D eigenvalue weighted by Gasteiger charge is 2.31. The Morgan fingerprint density at radius 3 is 2.30 bits per heavy atom. The summed E-state index contributed by atoms with van der Waals surface area (Å²) in [4.78, 5) is 0. The van der Waals surface area contributed by atoms with Crippen LogP contribution in [0.4, 0.5) is 8.78 Å². The van der Waals surface area contributed by atoms with E-state index >= 15 is 0 Å². The van der Waals surface area contributed by atoms with Gasteiger partial charge in [-0.2, -0.15) is 8.78 Å². The van der Waals surface area contributed by atoms with Gasteiger partial charge >= 0.3 is 6.61 Å². The molecule has 0 aromatic heterocycles. The van der Waals surface area contributed by atoms with Crippen molar-refractivity contribution < 1.29 is 18.6 Å². The van der Waals surface area contributed by atoms with E-state index in [0.29, 0.717) is 17.4 Å². The van der Waals surface area contributed by atoms with Gasteiger partial charge in [0.15, 0.2) is 0 Å². The molecule has 0 aliphatic heterocycles. The van der Waals surface area contributed by atoms with Crippen LogP contribution in [0.1, 0.15) is 44.8 Å². The minimum atomic E-state index is -2.87. The van der Waals surface area contributed by atoms with Crippen molar-refractivity contribution >= 4 is 0 Å². The highest BCUT2D eigenvalue weighted by Crippen LogP contribution is 2.41. The van der Waals surface area contributed by atoms with Crippen LogP contribution in [0.5, 0.6) is 5.75 Å². The fourth-order valence-corrected chi connectivity index (χ4v) is 3.45. The van der Waals surface area contributed by atoms with Gasteiger partial charge in [-0.3, -0.25) is 0 Å². The molecule has 0 spiro atoms. The average Bonchev–Trinajstić information content (AvgIpc) is 2.36. The monoisotopic (exact) mass is 284 g/mol. The lowest BCUT2D eigenvalue weighted by Crippen LogP contribution is -2.25. The summed E-state index contributed by atoms with van der Waals surface area (Å²) in [6.45, 7) is 1.49. The van der Waals surface area contributed by atoms with Crippen molar-refractivity contribution in [1.29, 1.82) is 0 Å². The first kappa shape index (κ1) is 15.2. The standard InChI is InChI=1S/C16H22F2O2/c1-10-7-11(2)9-12(8-10)15(19)13-5-3-4-6-14(13)20-16(17)18/h3-6,10-12,15-16,19H,7-9H2,1-2H3. The first-order valence-electron chi connectivity index (χ1n) is 7.19. The molecule has 0 saturated heterocycles. The zero-order valence-corrected chi connectivity index (χ0v) is 11.9. The molecule has 1 aromatic carbocycles. The highest BCUT2D eigenvalue weighted by molar-refractivity contribution is 5.35. The molecular formula is C16H22F2O2. The lowest BCUT2D eigenvalue weighted by Gasteiger charge is -2.34. The Labute approximate surface area is 118 Å². The molecule has 1 aliphatic rings. The fourth-order valence-electron chi connectivity index (χ4n) is 3.45. The van der Waals surface area contributed by atoms with Crippen LogP contribution >= 0.6 is 0 Å². The second-order valence-electron chi connectivity index (χ2n) is 6.04. The number of aliphatic hydroxyl groups excluding tert-OH is 1. The van der Waals surface area contributed by atoms with Crippen molar-refractivity contribution in [2.24, 2.45) is 17.8 Å². The Morgan fingerprint density at radius 1 is 1.10 bits per heavy atom.